The second-order valence-corrected chi connectivity index (χ2v) is 3.54. The van der Waals surface area contributed by atoms with Crippen molar-refractivity contribution in [2.24, 2.45) is 0 Å². The number of halogens is 2. The molecule has 2 rings (SSSR count). The molecule has 0 bridgehead atoms. The first-order valence-electron chi connectivity index (χ1n) is 4.41. The van der Waals surface area contributed by atoms with Crippen LogP contribution in [0, 0.1) is 11.8 Å². The first-order valence-corrected chi connectivity index (χ1v) is 4.41. The van der Waals surface area contributed by atoms with Gasteiger partial charge in [-0.3, -0.25) is 4.40 Å². The van der Waals surface area contributed by atoms with E-state index in [0.29, 0.717) is 11.2 Å². The number of nitrogens with zero attached hydrogens (tertiary/aromatic N) is 2. The fraction of sp³-hybridized carbons (Fsp3) is 0.300. The van der Waals surface area contributed by atoms with Crippen LogP contribution in [0.1, 0.15) is 25.3 Å². The van der Waals surface area contributed by atoms with Crippen molar-refractivity contribution in [2.45, 2.75) is 19.8 Å². The van der Waals surface area contributed by atoms with Crippen LogP contribution in [0.5, 0.6) is 0 Å². The highest BCUT2D eigenvalue weighted by Crippen LogP contribution is 2.21. The van der Waals surface area contributed by atoms with Gasteiger partial charge in [0.1, 0.15) is 11.5 Å². The Hall–Kier alpha value is -1.45. The van der Waals surface area contributed by atoms with Crippen LogP contribution in [-0.2, 0) is 0 Å². The Bertz CT molecular complexity index is 474. The van der Waals surface area contributed by atoms with E-state index in [1.165, 1.54) is 6.07 Å². The monoisotopic (exact) mass is 196 g/mol. The van der Waals surface area contributed by atoms with Crippen molar-refractivity contribution in [1.82, 2.24) is 9.38 Å². The average molecular weight is 196 g/mol. The lowest BCUT2D eigenvalue weighted by atomic mass is 10.1. The molecule has 0 aliphatic carbocycles. The molecule has 0 N–H and O–H groups in total. The normalized spacial score (nSPS) is 11.5. The number of imidazole rings is 1. The number of fused-ring (bicyclic) bond motifs is 1. The molecule has 4 heteroatoms. The molecule has 0 aliphatic rings. The molecule has 0 aliphatic heterocycles. The summed E-state index contributed by atoms with van der Waals surface area (Å²) < 4.78 is 27.3. The Morgan fingerprint density at radius 2 is 2.07 bits per heavy atom. The van der Waals surface area contributed by atoms with Gasteiger partial charge in [-0.25, -0.2) is 9.37 Å². The molecular weight excluding hydrogens is 186 g/mol. The molecule has 74 valence electrons. The van der Waals surface area contributed by atoms with Gasteiger partial charge in [-0.1, -0.05) is 13.8 Å². The number of aromatic nitrogens is 2. The zero-order valence-electron chi connectivity index (χ0n) is 7.96. The highest BCUT2D eigenvalue weighted by molar-refractivity contribution is 5.49. The smallest absolute Gasteiger partial charge is 0.218 e. The summed E-state index contributed by atoms with van der Waals surface area (Å²) in [5.41, 5.74) is 1.20. The molecule has 0 saturated carbocycles. The quantitative estimate of drug-likeness (QED) is 0.685. The SMILES string of the molecule is CC(C)c1cc(F)cn2c(F)cnc12. The summed E-state index contributed by atoms with van der Waals surface area (Å²) in [5.74, 6) is -0.866. The highest BCUT2D eigenvalue weighted by Gasteiger charge is 2.11. The maximum atomic E-state index is 13.1. The van der Waals surface area contributed by atoms with E-state index >= 15 is 0 Å². The third-order valence-electron chi connectivity index (χ3n) is 2.18. The fourth-order valence-electron chi connectivity index (χ4n) is 1.47. The summed E-state index contributed by atoms with van der Waals surface area (Å²) >= 11 is 0. The fourth-order valence-corrected chi connectivity index (χ4v) is 1.47. The van der Waals surface area contributed by atoms with Gasteiger partial charge >= 0.3 is 0 Å². The lowest BCUT2D eigenvalue weighted by molar-refractivity contribution is 0.556. The molecule has 14 heavy (non-hydrogen) atoms. The minimum absolute atomic E-state index is 0.120. The molecule has 0 aromatic carbocycles. The van der Waals surface area contributed by atoms with Gasteiger partial charge in [-0.15, -0.1) is 0 Å². The Morgan fingerprint density at radius 3 is 2.71 bits per heavy atom. The van der Waals surface area contributed by atoms with E-state index in [9.17, 15) is 8.78 Å². The standard InChI is InChI=1S/C10H10F2N2/c1-6(2)8-3-7(11)5-14-9(12)4-13-10(8)14/h3-6H,1-2H3. The van der Waals surface area contributed by atoms with Gasteiger partial charge in [0.15, 0.2) is 0 Å². The zero-order chi connectivity index (χ0) is 10.3. The average Bonchev–Trinajstić information content (AvgIpc) is 2.47. The van der Waals surface area contributed by atoms with Gasteiger partial charge in [-0.2, -0.15) is 4.39 Å². The predicted octanol–water partition coefficient (Wildman–Crippen LogP) is 2.74. The van der Waals surface area contributed by atoms with Crippen molar-refractivity contribution >= 4 is 5.65 Å². The molecule has 0 spiro atoms. The van der Waals surface area contributed by atoms with Gasteiger partial charge < -0.3 is 0 Å². The Kier molecular flexibility index (Phi) is 1.98. The van der Waals surface area contributed by atoms with E-state index in [0.717, 1.165) is 16.8 Å². The van der Waals surface area contributed by atoms with Crippen LogP contribution in [0.25, 0.3) is 5.65 Å². The largest absolute Gasteiger partial charge is 0.273 e. The van der Waals surface area contributed by atoms with Crippen LogP contribution in [-0.4, -0.2) is 9.38 Å². The van der Waals surface area contributed by atoms with E-state index in [1.54, 1.807) is 0 Å². The maximum Gasteiger partial charge on any atom is 0.218 e. The molecule has 0 atom stereocenters. The lowest BCUT2D eigenvalue weighted by Crippen LogP contribution is -1.98. The first-order chi connectivity index (χ1) is 6.59. The third kappa shape index (κ3) is 1.27. The molecule has 2 aromatic rings. The van der Waals surface area contributed by atoms with Crippen molar-refractivity contribution in [3.05, 3.63) is 35.8 Å². The number of hydrogen-bond donors (Lipinski definition) is 0. The van der Waals surface area contributed by atoms with Crippen LogP contribution < -0.4 is 0 Å². The van der Waals surface area contributed by atoms with E-state index < -0.39 is 11.8 Å². The summed E-state index contributed by atoms with van der Waals surface area (Å²) in [6, 6.07) is 1.40. The molecular formula is C10H10F2N2. The zero-order valence-corrected chi connectivity index (χ0v) is 7.96. The maximum absolute atomic E-state index is 13.1. The molecule has 2 heterocycles. The van der Waals surface area contributed by atoms with Crippen LogP contribution >= 0.6 is 0 Å². The third-order valence-corrected chi connectivity index (χ3v) is 2.18. The van der Waals surface area contributed by atoms with Crippen LogP contribution in [0.3, 0.4) is 0 Å². The number of rotatable bonds is 1. The first kappa shape index (κ1) is 9.12. The topological polar surface area (TPSA) is 17.3 Å². The van der Waals surface area contributed by atoms with E-state index in [4.69, 9.17) is 0 Å². The van der Waals surface area contributed by atoms with Crippen molar-refractivity contribution in [3.8, 4) is 0 Å². The molecule has 0 radical (unpaired) electrons. The van der Waals surface area contributed by atoms with Crippen molar-refractivity contribution in [2.75, 3.05) is 0 Å². The Morgan fingerprint density at radius 1 is 1.36 bits per heavy atom. The van der Waals surface area contributed by atoms with Gasteiger partial charge in [0.25, 0.3) is 0 Å². The number of hydrogen-bond acceptors (Lipinski definition) is 1. The minimum Gasteiger partial charge on any atom is -0.273 e. The Balaban J connectivity index is 2.82. The van der Waals surface area contributed by atoms with Gasteiger partial charge in [0.05, 0.1) is 6.20 Å². The second-order valence-electron chi connectivity index (χ2n) is 3.54. The van der Waals surface area contributed by atoms with Gasteiger partial charge in [-0.05, 0) is 12.0 Å². The summed E-state index contributed by atoms with van der Waals surface area (Å²) in [4.78, 5) is 3.90. The van der Waals surface area contributed by atoms with Crippen molar-refractivity contribution in [3.63, 3.8) is 0 Å². The van der Waals surface area contributed by atoms with Crippen LogP contribution in [0.4, 0.5) is 8.78 Å². The molecule has 0 saturated heterocycles. The molecule has 2 nitrogen and oxygen atoms in total. The molecule has 0 amide bonds. The Labute approximate surface area is 80.2 Å². The summed E-state index contributed by atoms with van der Waals surface area (Å²) in [7, 11) is 0. The molecule has 0 fully saturated rings. The summed E-state index contributed by atoms with van der Waals surface area (Å²) in [6.07, 6.45) is 2.20. The minimum atomic E-state index is -0.540. The number of pyridine rings is 1. The molecule has 2 aromatic heterocycles. The van der Waals surface area contributed by atoms with Gasteiger partial charge in [0.2, 0.25) is 5.95 Å². The van der Waals surface area contributed by atoms with Crippen molar-refractivity contribution in [1.29, 1.82) is 0 Å². The second kappa shape index (κ2) is 3.04. The predicted molar refractivity (Wildman–Crippen MR) is 49.2 cm³/mol. The molecule has 0 unspecified atom stereocenters. The van der Waals surface area contributed by atoms with Crippen LogP contribution in [0.15, 0.2) is 18.5 Å². The van der Waals surface area contributed by atoms with Gasteiger partial charge in [0, 0.05) is 11.8 Å². The van der Waals surface area contributed by atoms with E-state index in [-0.39, 0.29) is 5.92 Å². The summed E-state index contributed by atoms with van der Waals surface area (Å²) in [5, 5.41) is 0. The van der Waals surface area contributed by atoms with E-state index in [1.807, 2.05) is 13.8 Å². The highest BCUT2D eigenvalue weighted by atomic mass is 19.1. The van der Waals surface area contributed by atoms with E-state index in [2.05, 4.69) is 4.98 Å². The van der Waals surface area contributed by atoms with Crippen LogP contribution in [0.2, 0.25) is 0 Å². The lowest BCUT2D eigenvalue weighted by Gasteiger charge is -2.07. The van der Waals surface area contributed by atoms with Crippen molar-refractivity contribution < 1.29 is 8.78 Å². The summed E-state index contributed by atoms with van der Waals surface area (Å²) in [6.45, 7) is 3.84.